The van der Waals surface area contributed by atoms with Crippen LogP contribution in [0.3, 0.4) is 0 Å². The molecule has 0 unspecified atom stereocenters. The largest absolute Gasteiger partial charge is 0.409 e. The maximum absolute atomic E-state index is 11.8. The van der Waals surface area contributed by atoms with Gasteiger partial charge in [0, 0.05) is 11.5 Å². The van der Waals surface area contributed by atoms with E-state index < -0.39 is 0 Å². The van der Waals surface area contributed by atoms with Crippen LogP contribution in [0.4, 0.5) is 0 Å². The third-order valence-electron chi connectivity index (χ3n) is 3.70. The Morgan fingerprint density at radius 1 is 1.65 bits per heavy atom. The standard InChI is InChI=1S/C15H19N3O2/c1-3-4-11-8-13(17-15(11)19)10-5-6-12(9(2)7-10)14(16)18-20/h3,5-7,11,13,20H,1,4,8H2,2H3,(H2,16,18)(H,17,19)/t11-,13+/m0/s1. The Labute approximate surface area is 118 Å². The smallest absolute Gasteiger partial charge is 0.223 e. The van der Waals surface area contributed by atoms with E-state index in [-0.39, 0.29) is 23.7 Å². The molecule has 106 valence electrons. The summed E-state index contributed by atoms with van der Waals surface area (Å²) in [6, 6.07) is 5.70. The molecule has 0 aliphatic carbocycles. The Bertz CT molecular complexity index is 566. The maximum Gasteiger partial charge on any atom is 0.223 e. The van der Waals surface area contributed by atoms with Gasteiger partial charge in [0.25, 0.3) is 0 Å². The summed E-state index contributed by atoms with van der Waals surface area (Å²) in [6.45, 7) is 5.58. The van der Waals surface area contributed by atoms with E-state index in [9.17, 15) is 4.79 Å². The summed E-state index contributed by atoms with van der Waals surface area (Å²) in [5.41, 5.74) is 8.25. The van der Waals surface area contributed by atoms with Gasteiger partial charge in [0.1, 0.15) is 0 Å². The van der Waals surface area contributed by atoms with E-state index in [1.54, 1.807) is 6.08 Å². The maximum atomic E-state index is 11.8. The number of hydrogen-bond donors (Lipinski definition) is 3. The first-order valence-corrected chi connectivity index (χ1v) is 6.56. The second kappa shape index (κ2) is 5.77. The van der Waals surface area contributed by atoms with Gasteiger partial charge in [-0.3, -0.25) is 4.79 Å². The first kappa shape index (κ1) is 14.1. The Kier molecular flexibility index (Phi) is 4.08. The normalized spacial score (nSPS) is 22.6. The van der Waals surface area contributed by atoms with Crippen LogP contribution in [0.5, 0.6) is 0 Å². The summed E-state index contributed by atoms with van der Waals surface area (Å²) in [7, 11) is 0. The molecule has 2 atom stereocenters. The SMILES string of the molecule is C=CC[C@H]1C[C@H](c2ccc(C(N)=NO)c(C)c2)NC1=O. The summed E-state index contributed by atoms with van der Waals surface area (Å²) in [6.07, 6.45) is 3.25. The van der Waals surface area contributed by atoms with Crippen LogP contribution in [0.25, 0.3) is 0 Å². The molecule has 1 aliphatic heterocycles. The fraction of sp³-hybridized carbons (Fsp3) is 0.333. The molecule has 4 N–H and O–H groups in total. The number of carbonyl (C=O) groups is 1. The molecule has 0 saturated carbocycles. The molecule has 20 heavy (non-hydrogen) atoms. The summed E-state index contributed by atoms with van der Waals surface area (Å²) in [5.74, 6) is 0.170. The minimum absolute atomic E-state index is 0.00144. The van der Waals surface area contributed by atoms with E-state index in [1.807, 2.05) is 25.1 Å². The minimum Gasteiger partial charge on any atom is -0.409 e. The van der Waals surface area contributed by atoms with Crippen LogP contribution in [0.1, 0.15) is 35.6 Å². The molecule has 1 aromatic rings. The molecular formula is C15H19N3O2. The van der Waals surface area contributed by atoms with Gasteiger partial charge in [-0.2, -0.15) is 0 Å². The van der Waals surface area contributed by atoms with Gasteiger partial charge in [-0.05, 0) is 30.9 Å². The van der Waals surface area contributed by atoms with Crippen molar-refractivity contribution in [2.45, 2.75) is 25.8 Å². The fourth-order valence-corrected chi connectivity index (χ4v) is 2.61. The third-order valence-corrected chi connectivity index (χ3v) is 3.70. The average molecular weight is 273 g/mol. The Balaban J connectivity index is 2.21. The Morgan fingerprint density at radius 2 is 2.40 bits per heavy atom. The van der Waals surface area contributed by atoms with Crippen molar-refractivity contribution in [3.63, 3.8) is 0 Å². The number of nitrogens with two attached hydrogens (primary N) is 1. The van der Waals surface area contributed by atoms with Gasteiger partial charge in [-0.15, -0.1) is 6.58 Å². The minimum atomic E-state index is 0.00144. The van der Waals surface area contributed by atoms with Gasteiger partial charge >= 0.3 is 0 Å². The van der Waals surface area contributed by atoms with Crippen molar-refractivity contribution in [3.05, 3.63) is 47.5 Å². The number of nitrogens with one attached hydrogen (secondary N) is 1. The van der Waals surface area contributed by atoms with Gasteiger partial charge in [-0.25, -0.2) is 0 Å². The van der Waals surface area contributed by atoms with Crippen LogP contribution in [-0.4, -0.2) is 17.0 Å². The van der Waals surface area contributed by atoms with Crippen LogP contribution < -0.4 is 11.1 Å². The molecule has 5 nitrogen and oxygen atoms in total. The highest BCUT2D eigenvalue weighted by Crippen LogP contribution is 2.30. The molecule has 1 heterocycles. The number of amidine groups is 1. The van der Waals surface area contributed by atoms with Crippen LogP contribution >= 0.6 is 0 Å². The summed E-state index contributed by atoms with van der Waals surface area (Å²) < 4.78 is 0. The van der Waals surface area contributed by atoms with E-state index in [4.69, 9.17) is 10.9 Å². The van der Waals surface area contributed by atoms with Crippen molar-refractivity contribution in [2.24, 2.45) is 16.8 Å². The quantitative estimate of drug-likeness (QED) is 0.257. The number of aryl methyl sites for hydroxylation is 1. The van der Waals surface area contributed by atoms with Crippen LogP contribution in [0.2, 0.25) is 0 Å². The molecule has 1 saturated heterocycles. The number of nitrogens with zero attached hydrogens (tertiary/aromatic N) is 1. The third kappa shape index (κ3) is 2.66. The monoisotopic (exact) mass is 273 g/mol. The highest BCUT2D eigenvalue weighted by atomic mass is 16.4. The fourth-order valence-electron chi connectivity index (χ4n) is 2.61. The van der Waals surface area contributed by atoms with Crippen molar-refractivity contribution in [2.75, 3.05) is 0 Å². The molecular weight excluding hydrogens is 254 g/mol. The number of hydrogen-bond acceptors (Lipinski definition) is 3. The van der Waals surface area contributed by atoms with E-state index in [0.29, 0.717) is 12.0 Å². The Morgan fingerprint density at radius 3 is 3.00 bits per heavy atom. The Hall–Kier alpha value is -2.30. The van der Waals surface area contributed by atoms with E-state index in [0.717, 1.165) is 17.5 Å². The molecule has 5 heteroatoms. The molecule has 1 aromatic carbocycles. The molecule has 2 rings (SSSR count). The highest BCUT2D eigenvalue weighted by Gasteiger charge is 2.31. The van der Waals surface area contributed by atoms with Crippen LogP contribution in [0, 0.1) is 12.8 Å². The predicted octanol–water partition coefficient (Wildman–Crippen LogP) is 1.84. The van der Waals surface area contributed by atoms with Gasteiger partial charge < -0.3 is 16.3 Å². The van der Waals surface area contributed by atoms with Crippen LogP contribution in [-0.2, 0) is 4.79 Å². The van der Waals surface area contributed by atoms with Gasteiger partial charge in [0.2, 0.25) is 5.91 Å². The molecule has 0 bridgehead atoms. The highest BCUT2D eigenvalue weighted by molar-refractivity contribution is 5.98. The second-order valence-corrected chi connectivity index (χ2v) is 5.08. The first-order chi connectivity index (χ1) is 9.56. The lowest BCUT2D eigenvalue weighted by Crippen LogP contribution is -2.21. The zero-order chi connectivity index (χ0) is 14.7. The topological polar surface area (TPSA) is 87.7 Å². The molecule has 0 radical (unpaired) electrons. The first-order valence-electron chi connectivity index (χ1n) is 6.56. The molecule has 1 amide bonds. The lowest BCUT2D eigenvalue weighted by molar-refractivity contribution is -0.122. The van der Waals surface area contributed by atoms with Gasteiger partial charge in [0.15, 0.2) is 5.84 Å². The van der Waals surface area contributed by atoms with Crippen LogP contribution in [0.15, 0.2) is 36.0 Å². The zero-order valence-electron chi connectivity index (χ0n) is 11.5. The summed E-state index contributed by atoms with van der Waals surface area (Å²) >= 11 is 0. The molecule has 1 aliphatic rings. The van der Waals surface area contributed by atoms with Gasteiger partial charge in [-0.1, -0.05) is 29.4 Å². The van der Waals surface area contributed by atoms with Crippen molar-refractivity contribution in [1.29, 1.82) is 0 Å². The number of rotatable bonds is 4. The average Bonchev–Trinajstić information content (AvgIpc) is 2.80. The lowest BCUT2D eigenvalue weighted by Gasteiger charge is -2.13. The molecule has 1 fully saturated rings. The number of amides is 1. The van der Waals surface area contributed by atoms with E-state index in [1.165, 1.54) is 0 Å². The lowest BCUT2D eigenvalue weighted by atomic mass is 9.95. The number of allylic oxidation sites excluding steroid dienone is 1. The zero-order valence-corrected chi connectivity index (χ0v) is 11.5. The summed E-state index contributed by atoms with van der Waals surface area (Å²) in [4.78, 5) is 11.8. The number of benzene rings is 1. The second-order valence-electron chi connectivity index (χ2n) is 5.08. The molecule has 0 aromatic heterocycles. The van der Waals surface area contributed by atoms with Gasteiger partial charge in [0.05, 0.1) is 6.04 Å². The molecule has 0 spiro atoms. The van der Waals surface area contributed by atoms with E-state index in [2.05, 4.69) is 17.1 Å². The predicted molar refractivity (Wildman–Crippen MR) is 77.5 cm³/mol. The van der Waals surface area contributed by atoms with Crippen molar-refractivity contribution in [3.8, 4) is 0 Å². The number of carbonyl (C=O) groups excluding carboxylic acids is 1. The van der Waals surface area contributed by atoms with Crippen molar-refractivity contribution < 1.29 is 10.0 Å². The summed E-state index contributed by atoms with van der Waals surface area (Å²) in [5, 5.41) is 14.7. The van der Waals surface area contributed by atoms with Crippen molar-refractivity contribution >= 4 is 11.7 Å². The van der Waals surface area contributed by atoms with Crippen molar-refractivity contribution in [1.82, 2.24) is 5.32 Å². The number of oxime groups is 1. The van der Waals surface area contributed by atoms with E-state index >= 15 is 0 Å².